The standard InChI is InChI=1S/C15H21N3O2S/c1-12-4-6-13(7-5-12)15(14-8-9-14)17-21(19,20)18(2)11-3-10-16/h4-7,14-15,17H,3,8-9,11H2,1-2H3. The van der Waals surface area contributed by atoms with E-state index in [0.29, 0.717) is 5.92 Å². The quantitative estimate of drug-likeness (QED) is 0.838. The van der Waals surface area contributed by atoms with E-state index in [1.54, 1.807) is 0 Å². The number of hydrogen-bond acceptors (Lipinski definition) is 3. The molecule has 1 atom stereocenters. The molecule has 1 aromatic rings. The number of rotatable bonds is 7. The summed E-state index contributed by atoms with van der Waals surface area (Å²) in [5.74, 6) is 0.367. The second-order valence-corrected chi connectivity index (χ2v) is 7.39. The number of hydrogen-bond donors (Lipinski definition) is 1. The first-order chi connectivity index (χ1) is 9.94. The van der Waals surface area contributed by atoms with Gasteiger partial charge < -0.3 is 0 Å². The lowest BCUT2D eigenvalue weighted by molar-refractivity contribution is 0.444. The van der Waals surface area contributed by atoms with Gasteiger partial charge in [0.05, 0.1) is 12.1 Å². The van der Waals surface area contributed by atoms with Crippen LogP contribution in [0.2, 0.25) is 0 Å². The van der Waals surface area contributed by atoms with Crippen LogP contribution in [-0.2, 0) is 10.2 Å². The predicted molar refractivity (Wildman–Crippen MR) is 81.6 cm³/mol. The molecule has 114 valence electrons. The molecular formula is C15H21N3O2S. The van der Waals surface area contributed by atoms with Gasteiger partial charge in [0, 0.05) is 20.0 Å². The van der Waals surface area contributed by atoms with Gasteiger partial charge in [-0.2, -0.15) is 22.7 Å². The second kappa shape index (κ2) is 6.56. The van der Waals surface area contributed by atoms with E-state index in [2.05, 4.69) is 4.72 Å². The molecular weight excluding hydrogens is 286 g/mol. The molecule has 0 bridgehead atoms. The molecule has 2 rings (SSSR count). The molecule has 0 heterocycles. The van der Waals surface area contributed by atoms with E-state index in [1.165, 1.54) is 11.4 Å². The zero-order chi connectivity index (χ0) is 15.5. The summed E-state index contributed by atoms with van der Waals surface area (Å²) >= 11 is 0. The molecule has 1 saturated carbocycles. The largest absolute Gasteiger partial charge is 0.279 e. The highest BCUT2D eigenvalue weighted by Crippen LogP contribution is 2.41. The van der Waals surface area contributed by atoms with Crippen LogP contribution in [0.5, 0.6) is 0 Å². The first-order valence-electron chi connectivity index (χ1n) is 7.11. The molecule has 5 nitrogen and oxygen atoms in total. The number of benzene rings is 1. The van der Waals surface area contributed by atoms with Crippen LogP contribution in [0.3, 0.4) is 0 Å². The topological polar surface area (TPSA) is 73.2 Å². The van der Waals surface area contributed by atoms with Gasteiger partial charge in [-0.1, -0.05) is 29.8 Å². The summed E-state index contributed by atoms with van der Waals surface area (Å²) in [6.07, 6.45) is 2.28. The van der Waals surface area contributed by atoms with Crippen molar-refractivity contribution < 1.29 is 8.42 Å². The van der Waals surface area contributed by atoms with Gasteiger partial charge in [0.25, 0.3) is 10.2 Å². The Labute approximate surface area is 126 Å². The van der Waals surface area contributed by atoms with Crippen LogP contribution in [0.25, 0.3) is 0 Å². The average molecular weight is 307 g/mol. The van der Waals surface area contributed by atoms with Gasteiger partial charge >= 0.3 is 0 Å². The van der Waals surface area contributed by atoms with E-state index in [0.717, 1.165) is 24.0 Å². The number of nitrogens with one attached hydrogen (secondary N) is 1. The zero-order valence-electron chi connectivity index (χ0n) is 12.4. The number of nitrogens with zero attached hydrogens (tertiary/aromatic N) is 2. The highest BCUT2D eigenvalue weighted by molar-refractivity contribution is 7.87. The van der Waals surface area contributed by atoms with Gasteiger partial charge in [-0.25, -0.2) is 0 Å². The van der Waals surface area contributed by atoms with Crippen LogP contribution in [0.4, 0.5) is 0 Å². The minimum atomic E-state index is -3.56. The molecule has 1 aliphatic carbocycles. The van der Waals surface area contributed by atoms with Crippen LogP contribution in [0, 0.1) is 24.2 Å². The van der Waals surface area contributed by atoms with E-state index in [9.17, 15) is 8.42 Å². The average Bonchev–Trinajstić information content (AvgIpc) is 3.27. The molecule has 21 heavy (non-hydrogen) atoms. The molecule has 0 amide bonds. The first-order valence-corrected chi connectivity index (χ1v) is 8.55. The summed E-state index contributed by atoms with van der Waals surface area (Å²) < 4.78 is 28.6. The summed E-state index contributed by atoms with van der Waals surface area (Å²) in [6, 6.07) is 9.74. The lowest BCUT2D eigenvalue weighted by Gasteiger charge is -2.23. The van der Waals surface area contributed by atoms with Gasteiger partial charge in [-0.05, 0) is 31.2 Å². The van der Waals surface area contributed by atoms with Crippen molar-refractivity contribution in [3.8, 4) is 6.07 Å². The Morgan fingerprint density at radius 2 is 2.00 bits per heavy atom. The fraction of sp³-hybridized carbons (Fsp3) is 0.533. The van der Waals surface area contributed by atoms with Gasteiger partial charge in [0.2, 0.25) is 0 Å². The van der Waals surface area contributed by atoms with Crippen LogP contribution < -0.4 is 4.72 Å². The second-order valence-electron chi connectivity index (χ2n) is 5.58. The van der Waals surface area contributed by atoms with E-state index < -0.39 is 10.2 Å². The van der Waals surface area contributed by atoms with Crippen molar-refractivity contribution in [2.24, 2.45) is 5.92 Å². The monoisotopic (exact) mass is 307 g/mol. The fourth-order valence-corrected chi connectivity index (χ4v) is 3.38. The molecule has 0 aromatic heterocycles. The third-order valence-corrected chi connectivity index (χ3v) is 5.31. The first kappa shape index (κ1) is 16.0. The lowest BCUT2D eigenvalue weighted by Crippen LogP contribution is -2.41. The summed E-state index contributed by atoms with van der Waals surface area (Å²) in [7, 11) is -2.06. The van der Waals surface area contributed by atoms with Crippen LogP contribution >= 0.6 is 0 Å². The van der Waals surface area contributed by atoms with Gasteiger partial charge in [0.1, 0.15) is 0 Å². The summed E-state index contributed by atoms with van der Waals surface area (Å²) in [6.45, 7) is 2.22. The van der Waals surface area contributed by atoms with Crippen molar-refractivity contribution in [2.45, 2.75) is 32.2 Å². The Morgan fingerprint density at radius 1 is 1.38 bits per heavy atom. The molecule has 1 aromatic carbocycles. The van der Waals surface area contributed by atoms with Crippen molar-refractivity contribution in [1.29, 1.82) is 5.26 Å². The maximum atomic E-state index is 12.3. The number of aryl methyl sites for hydroxylation is 1. The Kier molecular flexibility index (Phi) is 4.99. The number of nitriles is 1. The summed E-state index contributed by atoms with van der Waals surface area (Å²) in [5, 5.41) is 8.57. The van der Waals surface area contributed by atoms with Crippen LogP contribution in [0.1, 0.15) is 36.4 Å². The maximum Gasteiger partial charge on any atom is 0.279 e. The highest BCUT2D eigenvalue weighted by atomic mass is 32.2. The van der Waals surface area contributed by atoms with Crippen molar-refractivity contribution in [1.82, 2.24) is 9.03 Å². The molecule has 0 saturated heterocycles. The minimum absolute atomic E-state index is 0.180. The molecule has 0 spiro atoms. The Hall–Kier alpha value is -1.42. The van der Waals surface area contributed by atoms with E-state index in [4.69, 9.17) is 5.26 Å². The Morgan fingerprint density at radius 3 is 2.52 bits per heavy atom. The van der Waals surface area contributed by atoms with Crippen LogP contribution in [0.15, 0.2) is 24.3 Å². The normalized spacial score (nSPS) is 16.7. The fourth-order valence-electron chi connectivity index (χ4n) is 2.22. The van der Waals surface area contributed by atoms with E-state index >= 15 is 0 Å². The smallest absolute Gasteiger partial charge is 0.198 e. The molecule has 1 unspecified atom stereocenters. The van der Waals surface area contributed by atoms with Gasteiger partial charge in [0.15, 0.2) is 0 Å². The molecule has 6 heteroatoms. The van der Waals surface area contributed by atoms with Gasteiger partial charge in [-0.3, -0.25) is 0 Å². The van der Waals surface area contributed by atoms with Gasteiger partial charge in [-0.15, -0.1) is 0 Å². The van der Waals surface area contributed by atoms with Crippen molar-refractivity contribution >= 4 is 10.2 Å². The van der Waals surface area contributed by atoms with Crippen molar-refractivity contribution in [3.05, 3.63) is 35.4 Å². The highest BCUT2D eigenvalue weighted by Gasteiger charge is 2.35. The van der Waals surface area contributed by atoms with Crippen molar-refractivity contribution in [2.75, 3.05) is 13.6 Å². The summed E-state index contributed by atoms with van der Waals surface area (Å²) in [4.78, 5) is 0. The minimum Gasteiger partial charge on any atom is -0.198 e. The Balaban J connectivity index is 2.13. The molecule has 1 N–H and O–H groups in total. The zero-order valence-corrected chi connectivity index (χ0v) is 13.2. The maximum absolute atomic E-state index is 12.3. The molecule has 1 fully saturated rings. The Bertz CT molecular complexity index is 615. The molecule has 0 aliphatic heterocycles. The SMILES string of the molecule is Cc1ccc(C(NS(=O)(=O)N(C)CCC#N)C2CC2)cc1. The molecule has 1 aliphatic rings. The van der Waals surface area contributed by atoms with Crippen molar-refractivity contribution in [3.63, 3.8) is 0 Å². The van der Waals surface area contributed by atoms with Crippen LogP contribution in [-0.4, -0.2) is 26.3 Å². The lowest BCUT2D eigenvalue weighted by atomic mass is 10.0. The van der Waals surface area contributed by atoms with E-state index in [-0.39, 0.29) is 19.0 Å². The predicted octanol–water partition coefficient (Wildman–Crippen LogP) is 2.13. The van der Waals surface area contributed by atoms with E-state index in [1.807, 2.05) is 37.3 Å². The third kappa shape index (κ3) is 4.27. The molecule has 0 radical (unpaired) electrons. The third-order valence-electron chi connectivity index (χ3n) is 3.75. The summed E-state index contributed by atoms with van der Waals surface area (Å²) in [5.41, 5.74) is 2.16.